The first-order chi connectivity index (χ1) is 9.54. The van der Waals surface area contributed by atoms with Crippen LogP contribution < -0.4 is 5.30 Å². The summed E-state index contributed by atoms with van der Waals surface area (Å²) in [6.45, 7) is 2.95. The molecule has 1 atom stereocenters. The Morgan fingerprint density at radius 1 is 1.10 bits per heavy atom. The second kappa shape index (κ2) is 6.41. The molecule has 0 fully saturated rings. The van der Waals surface area contributed by atoms with Crippen LogP contribution in [-0.4, -0.2) is 6.61 Å². The van der Waals surface area contributed by atoms with E-state index in [-0.39, 0.29) is 0 Å². The van der Waals surface area contributed by atoms with Crippen molar-refractivity contribution in [1.29, 1.82) is 0 Å². The molecular weight excluding hydrogens is 291 g/mol. The molecule has 0 aliphatic heterocycles. The number of hydrogen-bond acceptors (Lipinski definition) is 2. The van der Waals surface area contributed by atoms with Gasteiger partial charge in [-0.15, -0.1) is 0 Å². The summed E-state index contributed by atoms with van der Waals surface area (Å²) < 4.78 is 17.2. The minimum absolute atomic E-state index is 0.319. The van der Waals surface area contributed by atoms with Crippen molar-refractivity contribution in [2.24, 2.45) is 0 Å². The fraction of sp³-hybridized carbons (Fsp3) is 0.125. The first kappa shape index (κ1) is 15.1. The minimum Gasteiger partial charge on any atom is -0.315 e. The van der Waals surface area contributed by atoms with Crippen molar-refractivity contribution in [1.82, 2.24) is 0 Å². The third-order valence-corrected chi connectivity index (χ3v) is 5.33. The highest BCUT2D eigenvalue weighted by atomic mass is 35.7. The highest BCUT2D eigenvalue weighted by Gasteiger charge is 2.21. The molecule has 0 saturated heterocycles. The lowest BCUT2D eigenvalue weighted by Gasteiger charge is -2.11. The Hall–Kier alpha value is -1.34. The summed E-state index contributed by atoms with van der Waals surface area (Å²) in [5.74, 6) is 0. The van der Waals surface area contributed by atoms with Crippen LogP contribution in [0.3, 0.4) is 0 Å². The van der Waals surface area contributed by atoms with Crippen LogP contribution in [0, 0.1) is 0 Å². The van der Waals surface area contributed by atoms with E-state index in [2.05, 4.69) is 6.58 Å². The molecule has 0 saturated carbocycles. The number of hydrogen-bond donors (Lipinski definition) is 0. The van der Waals surface area contributed by atoms with Gasteiger partial charge >= 0.3 is 6.72 Å². The van der Waals surface area contributed by atoms with Crippen LogP contribution in [0.15, 0.2) is 61.2 Å². The van der Waals surface area contributed by atoms with Crippen LogP contribution >= 0.6 is 18.0 Å². The van der Waals surface area contributed by atoms with Gasteiger partial charge < -0.3 is 4.52 Å². The lowest BCUT2D eigenvalue weighted by Crippen LogP contribution is -2.03. The topological polar surface area (TPSA) is 26.3 Å². The molecular formula is C16H16ClO2P. The minimum atomic E-state index is -3.22. The van der Waals surface area contributed by atoms with E-state index in [1.807, 2.05) is 42.5 Å². The molecule has 1 unspecified atom stereocenters. The molecule has 0 N–H and O–H groups in total. The predicted octanol–water partition coefficient (Wildman–Crippen LogP) is 4.84. The molecule has 0 aromatic heterocycles. The lowest BCUT2D eigenvalue weighted by atomic mass is 10.00. The van der Waals surface area contributed by atoms with Gasteiger partial charge in [0.15, 0.2) is 0 Å². The molecule has 4 heteroatoms. The molecule has 0 aliphatic carbocycles. The maximum Gasteiger partial charge on any atom is 0.319 e. The van der Waals surface area contributed by atoms with Crippen molar-refractivity contribution in [3.8, 4) is 0 Å². The number of benzene rings is 2. The van der Waals surface area contributed by atoms with Crippen molar-refractivity contribution in [3.05, 3.63) is 72.3 Å². The summed E-state index contributed by atoms with van der Waals surface area (Å²) >= 11 is 5.92. The van der Waals surface area contributed by atoms with Crippen molar-refractivity contribution in [3.63, 3.8) is 0 Å². The SMILES string of the molecule is C=C(c1ccccc1)c1ccc(P(=O)(Cl)OCC)cc1. The summed E-state index contributed by atoms with van der Waals surface area (Å²) in [5.41, 5.74) is 2.94. The van der Waals surface area contributed by atoms with Crippen LogP contribution in [0.5, 0.6) is 0 Å². The molecule has 20 heavy (non-hydrogen) atoms. The second-order valence-corrected chi connectivity index (χ2v) is 7.36. The van der Waals surface area contributed by atoms with Gasteiger partial charge in [0.05, 0.1) is 11.9 Å². The Labute approximate surface area is 124 Å². The fourth-order valence-electron chi connectivity index (χ4n) is 1.89. The highest BCUT2D eigenvalue weighted by Crippen LogP contribution is 2.50. The smallest absolute Gasteiger partial charge is 0.315 e. The van der Waals surface area contributed by atoms with E-state index in [4.69, 9.17) is 15.8 Å². The van der Waals surface area contributed by atoms with E-state index in [1.165, 1.54) is 0 Å². The van der Waals surface area contributed by atoms with Gasteiger partial charge in [0.1, 0.15) is 0 Å². The molecule has 0 bridgehead atoms. The predicted molar refractivity (Wildman–Crippen MR) is 85.7 cm³/mol. The molecule has 104 valence electrons. The molecule has 0 aliphatic rings. The quantitative estimate of drug-likeness (QED) is 0.739. The fourth-order valence-corrected chi connectivity index (χ4v) is 3.50. The summed E-state index contributed by atoms with van der Waals surface area (Å²) in [7, 11) is 0. The normalized spacial score (nSPS) is 13.7. The molecule has 0 amide bonds. The molecule has 0 heterocycles. The zero-order valence-electron chi connectivity index (χ0n) is 11.3. The number of rotatable bonds is 5. The van der Waals surface area contributed by atoms with E-state index in [1.54, 1.807) is 19.1 Å². The van der Waals surface area contributed by atoms with E-state index in [0.29, 0.717) is 11.9 Å². The zero-order valence-corrected chi connectivity index (χ0v) is 12.9. The Morgan fingerprint density at radius 2 is 1.65 bits per heavy atom. The van der Waals surface area contributed by atoms with Crippen LogP contribution in [0.2, 0.25) is 0 Å². The largest absolute Gasteiger partial charge is 0.319 e. The van der Waals surface area contributed by atoms with Crippen molar-refractivity contribution in [2.45, 2.75) is 6.92 Å². The van der Waals surface area contributed by atoms with E-state index in [9.17, 15) is 4.57 Å². The van der Waals surface area contributed by atoms with Crippen molar-refractivity contribution < 1.29 is 9.09 Å². The van der Waals surface area contributed by atoms with Crippen LogP contribution in [-0.2, 0) is 9.09 Å². The van der Waals surface area contributed by atoms with E-state index >= 15 is 0 Å². The summed E-state index contributed by atoms with van der Waals surface area (Å²) in [6, 6.07) is 17.1. The molecule has 2 rings (SSSR count). The maximum absolute atomic E-state index is 12.1. The van der Waals surface area contributed by atoms with Gasteiger partial charge in [0.2, 0.25) is 0 Å². The summed E-state index contributed by atoms with van der Waals surface area (Å²) in [5, 5.41) is 0.505. The van der Waals surface area contributed by atoms with Crippen LogP contribution in [0.1, 0.15) is 18.1 Å². The first-order valence-corrected chi connectivity index (χ1v) is 8.87. The average Bonchev–Trinajstić information content (AvgIpc) is 2.47. The molecule has 0 radical (unpaired) electrons. The lowest BCUT2D eigenvalue weighted by molar-refractivity contribution is 0.352. The van der Waals surface area contributed by atoms with Gasteiger partial charge in [0, 0.05) is 0 Å². The Bertz CT molecular complexity index is 635. The summed E-state index contributed by atoms with van der Waals surface area (Å²) in [4.78, 5) is 0. The Morgan fingerprint density at radius 3 is 2.20 bits per heavy atom. The van der Waals surface area contributed by atoms with Gasteiger partial charge in [0.25, 0.3) is 0 Å². The van der Waals surface area contributed by atoms with Crippen molar-refractivity contribution >= 4 is 28.8 Å². The van der Waals surface area contributed by atoms with E-state index < -0.39 is 6.72 Å². The molecule has 2 nitrogen and oxygen atoms in total. The first-order valence-electron chi connectivity index (χ1n) is 6.34. The Kier molecular flexibility index (Phi) is 4.82. The summed E-state index contributed by atoms with van der Waals surface area (Å²) in [6.07, 6.45) is 0. The van der Waals surface area contributed by atoms with Gasteiger partial charge in [-0.2, -0.15) is 0 Å². The van der Waals surface area contributed by atoms with Crippen LogP contribution in [0.4, 0.5) is 0 Å². The molecule has 0 spiro atoms. The van der Waals surface area contributed by atoms with Gasteiger partial charge in [-0.3, -0.25) is 4.57 Å². The highest BCUT2D eigenvalue weighted by molar-refractivity contribution is 7.91. The van der Waals surface area contributed by atoms with Gasteiger partial charge in [-0.05, 0) is 47.0 Å². The third-order valence-electron chi connectivity index (χ3n) is 2.94. The molecule has 2 aromatic carbocycles. The van der Waals surface area contributed by atoms with Gasteiger partial charge in [-0.25, -0.2) is 0 Å². The molecule has 2 aromatic rings. The third kappa shape index (κ3) is 3.40. The standard InChI is InChI=1S/C16H16ClO2P/c1-3-19-20(17,18)16-11-9-15(10-12-16)13(2)14-7-5-4-6-8-14/h4-12H,2-3H2,1H3. The zero-order chi connectivity index (χ0) is 14.6. The van der Waals surface area contributed by atoms with E-state index in [0.717, 1.165) is 16.7 Å². The Balaban J connectivity index is 2.25. The number of halogens is 1. The van der Waals surface area contributed by atoms with Crippen molar-refractivity contribution in [2.75, 3.05) is 6.61 Å². The van der Waals surface area contributed by atoms with Gasteiger partial charge in [-0.1, -0.05) is 49.0 Å². The monoisotopic (exact) mass is 306 g/mol. The van der Waals surface area contributed by atoms with Crippen LogP contribution in [0.25, 0.3) is 5.57 Å². The average molecular weight is 307 g/mol. The maximum atomic E-state index is 12.1. The second-order valence-electron chi connectivity index (χ2n) is 4.29.